The Morgan fingerprint density at radius 2 is 2.11 bits per heavy atom. The van der Waals surface area contributed by atoms with Crippen molar-refractivity contribution in [1.29, 1.82) is 0 Å². The molecule has 0 atom stereocenters. The van der Waals surface area contributed by atoms with Gasteiger partial charge in [-0.25, -0.2) is 4.98 Å². The zero-order valence-electron chi connectivity index (χ0n) is 9.31. The molecule has 0 spiro atoms. The zero-order chi connectivity index (χ0) is 12.5. The summed E-state index contributed by atoms with van der Waals surface area (Å²) in [4.78, 5) is 19.0. The predicted molar refractivity (Wildman–Crippen MR) is 72.8 cm³/mol. The molecule has 3 aromatic rings. The number of nitrogens with two attached hydrogens (primary N) is 1. The molecule has 0 aliphatic rings. The highest BCUT2D eigenvalue weighted by Gasteiger charge is 2.10. The Labute approximate surface area is 107 Å². The summed E-state index contributed by atoms with van der Waals surface area (Å²) in [7, 11) is 0. The smallest absolute Gasteiger partial charge is 0.272 e. The van der Waals surface area contributed by atoms with Crippen molar-refractivity contribution in [2.45, 2.75) is 0 Å². The van der Waals surface area contributed by atoms with Crippen LogP contribution in [0.3, 0.4) is 0 Å². The van der Waals surface area contributed by atoms with Gasteiger partial charge in [-0.05, 0) is 30.3 Å². The molecule has 90 valence electrons. The molecule has 18 heavy (non-hydrogen) atoms. The lowest BCUT2D eigenvalue weighted by atomic mass is 10.3. The van der Waals surface area contributed by atoms with Gasteiger partial charge in [-0.15, -0.1) is 11.3 Å². The summed E-state index contributed by atoms with van der Waals surface area (Å²) in [5.41, 5.74) is 9.93. The van der Waals surface area contributed by atoms with Crippen LogP contribution < -0.4 is 11.1 Å². The quantitative estimate of drug-likeness (QED) is 0.617. The maximum absolute atomic E-state index is 12.0. The molecule has 4 N–H and O–H groups in total. The van der Waals surface area contributed by atoms with E-state index in [-0.39, 0.29) is 5.91 Å². The van der Waals surface area contributed by atoms with Crippen molar-refractivity contribution in [3.8, 4) is 0 Å². The topological polar surface area (TPSA) is 83.8 Å². The third kappa shape index (κ3) is 1.93. The summed E-state index contributed by atoms with van der Waals surface area (Å²) >= 11 is 1.49. The maximum atomic E-state index is 12.0. The monoisotopic (exact) mass is 258 g/mol. The third-order valence-corrected chi connectivity index (χ3v) is 3.31. The Bertz CT molecular complexity index is 670. The number of nitrogens with zero attached hydrogens (tertiary/aromatic N) is 1. The summed E-state index contributed by atoms with van der Waals surface area (Å²) in [5.74, 6) is -0.190. The van der Waals surface area contributed by atoms with E-state index in [4.69, 9.17) is 5.73 Å². The fourth-order valence-corrected chi connectivity index (χ4v) is 2.31. The lowest BCUT2D eigenvalue weighted by Gasteiger charge is -2.03. The first kappa shape index (κ1) is 10.8. The Hall–Kier alpha value is -2.34. The molecule has 0 saturated heterocycles. The van der Waals surface area contributed by atoms with Crippen LogP contribution in [0.15, 0.2) is 35.8 Å². The first-order valence-corrected chi connectivity index (χ1v) is 6.19. The number of rotatable bonds is 2. The number of nitrogens with one attached hydrogen (secondary N) is 2. The second-order valence-electron chi connectivity index (χ2n) is 3.82. The molecule has 0 fully saturated rings. The van der Waals surface area contributed by atoms with E-state index in [1.54, 1.807) is 35.8 Å². The van der Waals surface area contributed by atoms with Crippen LogP contribution in [0.2, 0.25) is 0 Å². The molecular weight excluding hydrogens is 248 g/mol. The number of aromatic amines is 1. The fourth-order valence-electron chi connectivity index (χ4n) is 1.63. The van der Waals surface area contributed by atoms with Gasteiger partial charge in [0.15, 0.2) is 0 Å². The predicted octanol–water partition coefficient (Wildman–Crippen LogP) is 2.46. The van der Waals surface area contributed by atoms with E-state index in [0.717, 1.165) is 10.3 Å². The molecule has 3 rings (SSSR count). The van der Waals surface area contributed by atoms with Crippen LogP contribution in [0.1, 0.15) is 10.5 Å². The van der Waals surface area contributed by atoms with Crippen LogP contribution in [0, 0.1) is 0 Å². The first-order chi connectivity index (χ1) is 8.72. The lowest BCUT2D eigenvalue weighted by Crippen LogP contribution is -2.12. The van der Waals surface area contributed by atoms with E-state index in [2.05, 4.69) is 15.3 Å². The molecule has 2 aromatic heterocycles. The number of hydrogen-bond acceptors (Lipinski definition) is 4. The van der Waals surface area contributed by atoms with E-state index in [1.807, 2.05) is 0 Å². The van der Waals surface area contributed by atoms with E-state index < -0.39 is 0 Å². The number of amides is 1. The molecule has 0 radical (unpaired) electrons. The molecule has 0 bridgehead atoms. The number of carbonyl (C=O) groups excluding carboxylic acids is 1. The molecule has 5 nitrogen and oxygen atoms in total. The summed E-state index contributed by atoms with van der Waals surface area (Å²) in [6, 6.07) is 8.79. The second kappa shape index (κ2) is 4.15. The number of nitrogen functional groups attached to an aromatic ring is 1. The number of carbonyl (C=O) groups is 1. The van der Waals surface area contributed by atoms with Crippen LogP contribution in [-0.4, -0.2) is 15.9 Å². The number of anilines is 2. The SMILES string of the molecule is Nc1ccc(NC(=O)c2cc3scnc3[nH]2)cc1. The summed E-state index contributed by atoms with van der Waals surface area (Å²) < 4.78 is 0.970. The highest BCUT2D eigenvalue weighted by molar-refractivity contribution is 7.16. The Kier molecular flexibility index (Phi) is 2.49. The first-order valence-electron chi connectivity index (χ1n) is 5.31. The molecule has 1 amide bonds. The number of aromatic nitrogens is 2. The van der Waals surface area contributed by atoms with E-state index in [1.165, 1.54) is 11.3 Å². The molecule has 0 unspecified atom stereocenters. The number of hydrogen-bond donors (Lipinski definition) is 3. The van der Waals surface area contributed by atoms with E-state index in [9.17, 15) is 4.79 Å². The average molecular weight is 258 g/mol. The van der Waals surface area contributed by atoms with Gasteiger partial charge in [0, 0.05) is 11.4 Å². The van der Waals surface area contributed by atoms with Gasteiger partial charge in [-0.1, -0.05) is 0 Å². The minimum absolute atomic E-state index is 0.190. The summed E-state index contributed by atoms with van der Waals surface area (Å²) in [5, 5.41) is 2.79. The third-order valence-electron chi connectivity index (χ3n) is 2.54. The molecule has 0 saturated carbocycles. The van der Waals surface area contributed by atoms with Gasteiger partial charge < -0.3 is 16.0 Å². The Morgan fingerprint density at radius 3 is 2.83 bits per heavy atom. The molecule has 0 aliphatic heterocycles. The van der Waals surface area contributed by atoms with Gasteiger partial charge in [0.1, 0.15) is 11.3 Å². The van der Waals surface area contributed by atoms with Gasteiger partial charge in [-0.2, -0.15) is 0 Å². The largest absolute Gasteiger partial charge is 0.399 e. The summed E-state index contributed by atoms with van der Waals surface area (Å²) in [6.45, 7) is 0. The number of H-pyrrole nitrogens is 1. The molecule has 1 aromatic carbocycles. The molecular formula is C12H10N4OS. The van der Waals surface area contributed by atoms with Crippen molar-refractivity contribution in [3.05, 3.63) is 41.5 Å². The number of fused-ring (bicyclic) bond motifs is 1. The van der Waals surface area contributed by atoms with Crippen molar-refractivity contribution in [1.82, 2.24) is 9.97 Å². The van der Waals surface area contributed by atoms with Gasteiger partial charge >= 0.3 is 0 Å². The van der Waals surface area contributed by atoms with Crippen LogP contribution in [0.5, 0.6) is 0 Å². The van der Waals surface area contributed by atoms with Gasteiger partial charge in [0.05, 0.1) is 10.2 Å². The van der Waals surface area contributed by atoms with Gasteiger partial charge in [-0.3, -0.25) is 4.79 Å². The van der Waals surface area contributed by atoms with Crippen molar-refractivity contribution in [2.75, 3.05) is 11.1 Å². The van der Waals surface area contributed by atoms with Crippen molar-refractivity contribution in [2.24, 2.45) is 0 Å². The van der Waals surface area contributed by atoms with Crippen molar-refractivity contribution < 1.29 is 4.79 Å². The van der Waals surface area contributed by atoms with Crippen molar-refractivity contribution in [3.63, 3.8) is 0 Å². The Balaban J connectivity index is 1.82. The van der Waals surface area contributed by atoms with Gasteiger partial charge in [0.2, 0.25) is 0 Å². The van der Waals surface area contributed by atoms with Crippen LogP contribution in [0.4, 0.5) is 11.4 Å². The van der Waals surface area contributed by atoms with Gasteiger partial charge in [0.25, 0.3) is 5.91 Å². The minimum Gasteiger partial charge on any atom is -0.399 e. The second-order valence-corrected chi connectivity index (χ2v) is 4.71. The van der Waals surface area contributed by atoms with E-state index in [0.29, 0.717) is 17.1 Å². The molecule has 0 aliphatic carbocycles. The van der Waals surface area contributed by atoms with Crippen LogP contribution in [0.25, 0.3) is 10.3 Å². The standard InChI is InChI=1S/C12H10N4OS/c13-7-1-3-8(4-2-7)15-12(17)9-5-10-11(16-9)14-6-18-10/h1-6,16H,13H2,(H,15,17). The average Bonchev–Trinajstić information content (AvgIpc) is 2.92. The van der Waals surface area contributed by atoms with E-state index >= 15 is 0 Å². The lowest BCUT2D eigenvalue weighted by molar-refractivity contribution is 0.102. The maximum Gasteiger partial charge on any atom is 0.272 e. The Morgan fingerprint density at radius 1 is 1.33 bits per heavy atom. The highest BCUT2D eigenvalue weighted by Crippen LogP contribution is 2.19. The molecule has 2 heterocycles. The zero-order valence-corrected chi connectivity index (χ0v) is 10.1. The molecule has 6 heteroatoms. The number of benzene rings is 1. The van der Waals surface area contributed by atoms with Crippen molar-refractivity contribution >= 4 is 39.0 Å². The highest BCUT2D eigenvalue weighted by atomic mass is 32.1. The minimum atomic E-state index is -0.190. The normalized spacial score (nSPS) is 10.7. The summed E-state index contributed by atoms with van der Waals surface area (Å²) in [6.07, 6.45) is 0. The number of thiazole rings is 1. The van der Waals surface area contributed by atoms with Crippen LogP contribution >= 0.6 is 11.3 Å². The van der Waals surface area contributed by atoms with Crippen LogP contribution in [-0.2, 0) is 0 Å². The fraction of sp³-hybridized carbons (Fsp3) is 0.